The summed E-state index contributed by atoms with van der Waals surface area (Å²) in [4.78, 5) is 8.86. The molecule has 0 bridgehead atoms. The Morgan fingerprint density at radius 3 is 2.61 bits per heavy atom. The third-order valence-corrected chi connectivity index (χ3v) is 2.64. The molecule has 0 spiro atoms. The van der Waals surface area contributed by atoms with Crippen LogP contribution in [0.3, 0.4) is 0 Å². The highest BCUT2D eigenvalue weighted by Crippen LogP contribution is 2.12. The molecule has 0 N–H and O–H groups in total. The highest BCUT2D eigenvalue weighted by molar-refractivity contribution is 5.37. The van der Waals surface area contributed by atoms with Gasteiger partial charge in [0.15, 0.2) is 11.6 Å². The summed E-state index contributed by atoms with van der Waals surface area (Å²) < 4.78 is 1.73. The molecule has 0 aliphatic rings. The largest absolute Gasteiger partial charge is 0.234 e. The third kappa shape index (κ3) is 2.23. The summed E-state index contributed by atoms with van der Waals surface area (Å²) in [5.41, 5.74) is 1.40. The minimum absolute atomic E-state index is 0.591. The Hall–Kier alpha value is -2.22. The molecule has 0 radical (unpaired) electrons. The van der Waals surface area contributed by atoms with E-state index in [4.69, 9.17) is 5.26 Å². The van der Waals surface area contributed by atoms with Crippen molar-refractivity contribution < 1.29 is 0 Å². The number of hydrogen-bond acceptors (Lipinski definition) is 4. The molecule has 2 rings (SSSR count). The van der Waals surface area contributed by atoms with Crippen molar-refractivity contribution in [3.8, 4) is 11.9 Å². The van der Waals surface area contributed by atoms with E-state index in [0.717, 1.165) is 30.2 Å². The van der Waals surface area contributed by atoms with Gasteiger partial charge in [0.25, 0.3) is 0 Å². The molecule has 0 saturated carbocycles. The van der Waals surface area contributed by atoms with E-state index in [1.165, 1.54) is 0 Å². The fourth-order valence-electron chi connectivity index (χ4n) is 1.78. The van der Waals surface area contributed by atoms with Gasteiger partial charge in [-0.2, -0.15) is 9.94 Å². The summed E-state index contributed by atoms with van der Waals surface area (Å²) >= 11 is 0. The molecule has 5 nitrogen and oxygen atoms in total. The number of hydrogen-bond donors (Lipinski definition) is 0. The quantitative estimate of drug-likeness (QED) is 0.823. The van der Waals surface area contributed by atoms with Crippen LogP contribution in [0.1, 0.15) is 36.8 Å². The predicted octanol–water partition coefficient (Wildman–Crippen LogP) is 1.97. The van der Waals surface area contributed by atoms with Crippen molar-refractivity contribution in [2.75, 3.05) is 0 Å². The summed E-state index contributed by atoms with van der Waals surface area (Å²) in [5.74, 6) is 2.33. The average molecular weight is 241 g/mol. The molecule has 5 heteroatoms. The summed E-state index contributed by atoms with van der Waals surface area (Å²) in [5, 5.41) is 13.4. The van der Waals surface area contributed by atoms with Crippen molar-refractivity contribution in [3.05, 3.63) is 35.0 Å². The second-order valence-corrected chi connectivity index (χ2v) is 4.03. The zero-order chi connectivity index (χ0) is 13.1. The topological polar surface area (TPSA) is 67.4 Å². The van der Waals surface area contributed by atoms with Crippen LogP contribution >= 0.6 is 0 Å². The summed E-state index contributed by atoms with van der Waals surface area (Å²) in [7, 11) is 0. The first kappa shape index (κ1) is 12.2. The zero-order valence-corrected chi connectivity index (χ0v) is 10.8. The van der Waals surface area contributed by atoms with E-state index in [1.807, 2.05) is 20.8 Å². The molecule has 2 aromatic heterocycles. The molecule has 92 valence electrons. The first-order chi connectivity index (χ1) is 8.67. The average Bonchev–Trinajstić information content (AvgIpc) is 2.81. The Balaban J connectivity index is 2.57. The van der Waals surface area contributed by atoms with Crippen LogP contribution in [0.15, 0.2) is 12.1 Å². The molecule has 0 aliphatic heterocycles. The number of nitriles is 1. The summed E-state index contributed by atoms with van der Waals surface area (Å²) in [6, 6.07) is 5.63. The van der Waals surface area contributed by atoms with Crippen molar-refractivity contribution in [1.82, 2.24) is 19.7 Å². The van der Waals surface area contributed by atoms with E-state index in [1.54, 1.807) is 16.8 Å². The molecule has 0 aliphatic carbocycles. The van der Waals surface area contributed by atoms with Crippen LogP contribution in [0.2, 0.25) is 0 Å². The second kappa shape index (κ2) is 4.96. The van der Waals surface area contributed by atoms with Crippen LogP contribution in [0.4, 0.5) is 0 Å². The minimum Gasteiger partial charge on any atom is -0.234 e. The maximum atomic E-state index is 8.99. The van der Waals surface area contributed by atoms with Crippen molar-refractivity contribution in [3.63, 3.8) is 0 Å². The molecular formula is C13H15N5. The lowest BCUT2D eigenvalue weighted by molar-refractivity contribution is 0.765. The molecule has 0 saturated heterocycles. The highest BCUT2D eigenvalue weighted by Gasteiger charge is 2.11. The lowest BCUT2D eigenvalue weighted by atomic mass is 10.2. The first-order valence-corrected chi connectivity index (χ1v) is 6.01. The third-order valence-electron chi connectivity index (χ3n) is 2.64. The van der Waals surface area contributed by atoms with E-state index in [-0.39, 0.29) is 0 Å². The van der Waals surface area contributed by atoms with Crippen LogP contribution in [-0.4, -0.2) is 19.7 Å². The van der Waals surface area contributed by atoms with Gasteiger partial charge in [0.2, 0.25) is 0 Å². The Morgan fingerprint density at radius 1 is 1.22 bits per heavy atom. The van der Waals surface area contributed by atoms with Crippen molar-refractivity contribution >= 4 is 0 Å². The number of nitrogens with zero attached hydrogens (tertiary/aromatic N) is 5. The molecule has 0 aromatic carbocycles. The molecule has 0 unspecified atom stereocenters. The molecule has 0 amide bonds. The lowest BCUT2D eigenvalue weighted by Crippen LogP contribution is -2.06. The van der Waals surface area contributed by atoms with Gasteiger partial charge in [0, 0.05) is 24.6 Å². The fourth-order valence-corrected chi connectivity index (χ4v) is 1.78. The van der Waals surface area contributed by atoms with Gasteiger partial charge in [-0.25, -0.2) is 9.97 Å². The van der Waals surface area contributed by atoms with E-state index in [2.05, 4.69) is 21.1 Å². The monoisotopic (exact) mass is 241 g/mol. The van der Waals surface area contributed by atoms with Crippen LogP contribution in [0.25, 0.3) is 5.82 Å². The molecule has 0 atom stereocenters. The predicted molar refractivity (Wildman–Crippen MR) is 67.4 cm³/mol. The molecule has 0 fully saturated rings. The molecule has 18 heavy (non-hydrogen) atoms. The van der Waals surface area contributed by atoms with Gasteiger partial charge in [0.05, 0.1) is 11.6 Å². The number of rotatable bonds is 3. The highest BCUT2D eigenvalue weighted by atomic mass is 15.4. The lowest BCUT2D eigenvalue weighted by Gasteiger charge is -2.04. The summed E-state index contributed by atoms with van der Waals surface area (Å²) in [6.07, 6.45) is 1.57. The van der Waals surface area contributed by atoms with Crippen molar-refractivity contribution in [1.29, 1.82) is 5.26 Å². The van der Waals surface area contributed by atoms with E-state index in [9.17, 15) is 0 Å². The number of aromatic nitrogens is 4. The van der Waals surface area contributed by atoms with Gasteiger partial charge in [-0.3, -0.25) is 0 Å². The number of pyridine rings is 1. The van der Waals surface area contributed by atoms with E-state index >= 15 is 0 Å². The van der Waals surface area contributed by atoms with Gasteiger partial charge in [0.1, 0.15) is 5.82 Å². The second-order valence-electron chi connectivity index (χ2n) is 4.03. The SMILES string of the molecule is CCc1nc(CC)n(-c2cc(C#N)cc(C)n2)n1. The Labute approximate surface area is 106 Å². The van der Waals surface area contributed by atoms with Crippen molar-refractivity contribution in [2.24, 2.45) is 0 Å². The van der Waals surface area contributed by atoms with Gasteiger partial charge in [-0.15, -0.1) is 5.10 Å². The van der Waals surface area contributed by atoms with Crippen LogP contribution in [0.5, 0.6) is 0 Å². The Kier molecular flexibility index (Phi) is 3.38. The minimum atomic E-state index is 0.591. The Morgan fingerprint density at radius 2 is 2.00 bits per heavy atom. The maximum Gasteiger partial charge on any atom is 0.157 e. The maximum absolute atomic E-state index is 8.99. The van der Waals surface area contributed by atoms with Gasteiger partial charge in [-0.1, -0.05) is 13.8 Å². The standard InChI is InChI=1S/C13H15N5/c1-4-11-16-12(5-2)18(17-11)13-7-10(8-14)6-9(3)15-13/h6-7H,4-5H2,1-3H3. The molecular weight excluding hydrogens is 226 g/mol. The number of aryl methyl sites for hydroxylation is 3. The van der Waals surface area contributed by atoms with Crippen molar-refractivity contribution in [2.45, 2.75) is 33.6 Å². The van der Waals surface area contributed by atoms with Gasteiger partial charge < -0.3 is 0 Å². The van der Waals surface area contributed by atoms with Crippen LogP contribution < -0.4 is 0 Å². The normalized spacial score (nSPS) is 10.3. The Bertz CT molecular complexity index is 606. The van der Waals surface area contributed by atoms with E-state index < -0.39 is 0 Å². The first-order valence-electron chi connectivity index (χ1n) is 6.01. The van der Waals surface area contributed by atoms with E-state index in [0.29, 0.717) is 11.4 Å². The zero-order valence-electron chi connectivity index (χ0n) is 10.8. The fraction of sp³-hybridized carbons (Fsp3) is 0.385. The molecule has 2 aromatic rings. The summed E-state index contributed by atoms with van der Waals surface area (Å²) in [6.45, 7) is 5.91. The van der Waals surface area contributed by atoms with Crippen LogP contribution in [-0.2, 0) is 12.8 Å². The van der Waals surface area contributed by atoms with Crippen LogP contribution in [0, 0.1) is 18.3 Å². The van der Waals surface area contributed by atoms with Gasteiger partial charge in [-0.05, 0) is 13.0 Å². The smallest absolute Gasteiger partial charge is 0.157 e. The molecule has 2 heterocycles. The van der Waals surface area contributed by atoms with Gasteiger partial charge >= 0.3 is 0 Å².